The highest BCUT2D eigenvalue weighted by atomic mass is 16.6. The lowest BCUT2D eigenvalue weighted by molar-refractivity contribution is -0.384. The van der Waals surface area contributed by atoms with Crippen LogP contribution in [0, 0.1) is 17.0 Å². The molecule has 6 nitrogen and oxygen atoms in total. The number of hydrogen-bond donors (Lipinski definition) is 0. The van der Waals surface area contributed by atoms with Crippen molar-refractivity contribution in [1.29, 1.82) is 0 Å². The van der Waals surface area contributed by atoms with Crippen LogP contribution >= 0.6 is 0 Å². The number of carbonyl (C=O) groups excluding carboxylic acids is 1. The summed E-state index contributed by atoms with van der Waals surface area (Å²) in [5.41, 5.74) is 1.82. The SMILES string of the molecule is Cc1ccc(OCCOC(=O)/C=C/c2ccc([N+](=O)[O-])cc2)cc1. The van der Waals surface area contributed by atoms with E-state index in [1.165, 1.54) is 24.3 Å². The lowest BCUT2D eigenvalue weighted by Gasteiger charge is -2.06. The highest BCUT2D eigenvalue weighted by Crippen LogP contribution is 2.13. The number of nitro groups is 1. The average molecular weight is 327 g/mol. The second-order valence-electron chi connectivity index (χ2n) is 5.01. The fourth-order valence-corrected chi connectivity index (χ4v) is 1.86. The Morgan fingerprint density at radius 2 is 1.75 bits per heavy atom. The summed E-state index contributed by atoms with van der Waals surface area (Å²) >= 11 is 0. The second kappa shape index (κ2) is 8.47. The molecular weight excluding hydrogens is 310 g/mol. The first-order valence-corrected chi connectivity index (χ1v) is 7.33. The summed E-state index contributed by atoms with van der Waals surface area (Å²) in [6.07, 6.45) is 2.81. The third-order valence-corrected chi connectivity index (χ3v) is 3.13. The molecule has 0 unspecified atom stereocenters. The predicted molar refractivity (Wildman–Crippen MR) is 89.8 cm³/mol. The molecule has 2 aromatic rings. The molecule has 6 heteroatoms. The van der Waals surface area contributed by atoms with Crippen LogP contribution in [0.3, 0.4) is 0 Å². The van der Waals surface area contributed by atoms with E-state index >= 15 is 0 Å². The maximum absolute atomic E-state index is 11.6. The molecule has 124 valence electrons. The van der Waals surface area contributed by atoms with E-state index in [9.17, 15) is 14.9 Å². The van der Waals surface area contributed by atoms with Crippen molar-refractivity contribution in [2.45, 2.75) is 6.92 Å². The van der Waals surface area contributed by atoms with E-state index in [2.05, 4.69) is 0 Å². The number of benzene rings is 2. The fraction of sp³-hybridized carbons (Fsp3) is 0.167. The van der Waals surface area contributed by atoms with Crippen molar-refractivity contribution >= 4 is 17.7 Å². The summed E-state index contributed by atoms with van der Waals surface area (Å²) in [5, 5.41) is 10.5. The lowest BCUT2D eigenvalue weighted by atomic mass is 10.2. The molecule has 0 atom stereocenters. The number of aryl methyl sites for hydroxylation is 1. The number of nitro benzene ring substituents is 1. The topological polar surface area (TPSA) is 78.7 Å². The zero-order chi connectivity index (χ0) is 17.4. The smallest absolute Gasteiger partial charge is 0.330 e. The van der Waals surface area contributed by atoms with E-state index < -0.39 is 10.9 Å². The number of carbonyl (C=O) groups is 1. The lowest BCUT2D eigenvalue weighted by Crippen LogP contribution is -2.10. The van der Waals surface area contributed by atoms with Gasteiger partial charge in [0.05, 0.1) is 4.92 Å². The molecule has 0 bridgehead atoms. The van der Waals surface area contributed by atoms with Crippen molar-refractivity contribution in [3.05, 3.63) is 75.8 Å². The van der Waals surface area contributed by atoms with Gasteiger partial charge in [0.2, 0.25) is 0 Å². The molecule has 0 radical (unpaired) electrons. The van der Waals surface area contributed by atoms with E-state index in [1.807, 2.05) is 31.2 Å². The van der Waals surface area contributed by atoms with Crippen LogP contribution in [-0.2, 0) is 9.53 Å². The van der Waals surface area contributed by atoms with Crippen LogP contribution in [0.2, 0.25) is 0 Å². The number of nitrogens with zero attached hydrogens (tertiary/aromatic N) is 1. The molecule has 0 fully saturated rings. The summed E-state index contributed by atoms with van der Waals surface area (Å²) in [7, 11) is 0. The first-order chi connectivity index (χ1) is 11.5. The third-order valence-electron chi connectivity index (χ3n) is 3.13. The maximum atomic E-state index is 11.6. The van der Waals surface area contributed by atoms with Gasteiger partial charge in [0, 0.05) is 18.2 Å². The van der Waals surface area contributed by atoms with Crippen LogP contribution in [0.1, 0.15) is 11.1 Å². The van der Waals surface area contributed by atoms with Crippen LogP contribution < -0.4 is 4.74 Å². The quantitative estimate of drug-likeness (QED) is 0.255. The molecule has 0 saturated carbocycles. The zero-order valence-electron chi connectivity index (χ0n) is 13.2. The molecule has 0 saturated heterocycles. The highest BCUT2D eigenvalue weighted by molar-refractivity contribution is 5.87. The number of esters is 1. The molecule has 0 aliphatic carbocycles. The first kappa shape index (κ1) is 17.2. The van der Waals surface area contributed by atoms with Crippen LogP contribution in [0.25, 0.3) is 6.08 Å². The van der Waals surface area contributed by atoms with Crippen LogP contribution in [0.5, 0.6) is 5.75 Å². The Balaban J connectivity index is 1.72. The largest absolute Gasteiger partial charge is 0.490 e. The van der Waals surface area contributed by atoms with E-state index in [-0.39, 0.29) is 18.9 Å². The van der Waals surface area contributed by atoms with E-state index in [4.69, 9.17) is 9.47 Å². The van der Waals surface area contributed by atoms with Crippen molar-refractivity contribution in [2.75, 3.05) is 13.2 Å². The minimum absolute atomic E-state index is 0.00276. The maximum Gasteiger partial charge on any atom is 0.330 e. The van der Waals surface area contributed by atoms with Gasteiger partial charge in [0.25, 0.3) is 5.69 Å². The van der Waals surface area contributed by atoms with Gasteiger partial charge in [0.1, 0.15) is 19.0 Å². The number of hydrogen-bond acceptors (Lipinski definition) is 5. The van der Waals surface area contributed by atoms with Gasteiger partial charge < -0.3 is 9.47 Å². The summed E-state index contributed by atoms with van der Waals surface area (Å²) in [6, 6.07) is 13.4. The zero-order valence-corrected chi connectivity index (χ0v) is 13.2. The van der Waals surface area contributed by atoms with Crippen LogP contribution in [0.4, 0.5) is 5.69 Å². The number of non-ortho nitro benzene ring substituents is 1. The molecule has 2 aromatic carbocycles. The second-order valence-corrected chi connectivity index (χ2v) is 5.01. The summed E-state index contributed by atoms with van der Waals surface area (Å²) in [5.74, 6) is 0.221. The minimum Gasteiger partial charge on any atom is -0.490 e. The van der Waals surface area contributed by atoms with Gasteiger partial charge >= 0.3 is 5.97 Å². The third kappa shape index (κ3) is 5.57. The summed E-state index contributed by atoms with van der Waals surface area (Å²) < 4.78 is 10.5. The molecular formula is C18H17NO5. The molecule has 0 aromatic heterocycles. The summed E-state index contributed by atoms with van der Waals surface area (Å²) in [6.45, 7) is 2.39. The van der Waals surface area contributed by atoms with E-state index in [1.54, 1.807) is 12.1 Å². The molecule has 0 aliphatic rings. The first-order valence-electron chi connectivity index (χ1n) is 7.33. The summed E-state index contributed by atoms with van der Waals surface area (Å²) in [4.78, 5) is 21.6. The molecule has 0 amide bonds. The van der Waals surface area contributed by atoms with Gasteiger partial charge in [-0.3, -0.25) is 10.1 Å². The molecule has 2 rings (SSSR count). The Labute approximate surface area is 139 Å². The van der Waals surface area contributed by atoms with Crippen molar-refractivity contribution in [3.63, 3.8) is 0 Å². The van der Waals surface area contributed by atoms with E-state index in [0.717, 1.165) is 11.3 Å². The van der Waals surface area contributed by atoms with Crippen LogP contribution in [-0.4, -0.2) is 24.1 Å². The molecule has 24 heavy (non-hydrogen) atoms. The fourth-order valence-electron chi connectivity index (χ4n) is 1.86. The van der Waals surface area contributed by atoms with Crippen molar-refractivity contribution in [3.8, 4) is 5.75 Å². The van der Waals surface area contributed by atoms with Gasteiger partial charge in [0.15, 0.2) is 0 Å². The Kier molecular flexibility index (Phi) is 6.08. The minimum atomic E-state index is -0.499. The van der Waals surface area contributed by atoms with Gasteiger partial charge in [-0.15, -0.1) is 0 Å². The van der Waals surface area contributed by atoms with Gasteiger partial charge in [-0.25, -0.2) is 4.79 Å². The molecule has 0 spiro atoms. The average Bonchev–Trinajstić information content (AvgIpc) is 2.59. The van der Waals surface area contributed by atoms with Crippen molar-refractivity contribution < 1.29 is 19.2 Å². The monoisotopic (exact) mass is 327 g/mol. The molecule has 0 heterocycles. The molecule has 0 N–H and O–H groups in total. The Morgan fingerprint density at radius 3 is 2.38 bits per heavy atom. The molecule has 0 aliphatic heterocycles. The Hall–Kier alpha value is -3.15. The number of ether oxygens (including phenoxy) is 2. The Bertz CT molecular complexity index is 720. The van der Waals surface area contributed by atoms with Gasteiger partial charge in [-0.2, -0.15) is 0 Å². The van der Waals surface area contributed by atoms with Gasteiger partial charge in [-0.1, -0.05) is 17.7 Å². The predicted octanol–water partition coefficient (Wildman–Crippen LogP) is 3.54. The van der Waals surface area contributed by atoms with Gasteiger partial charge in [-0.05, 0) is 42.8 Å². The van der Waals surface area contributed by atoms with E-state index in [0.29, 0.717) is 5.56 Å². The standard InChI is InChI=1S/C18H17NO5/c1-14-2-9-17(10-3-14)23-12-13-24-18(20)11-6-15-4-7-16(8-5-15)19(21)22/h2-11H,12-13H2,1H3/b11-6+. The van der Waals surface area contributed by atoms with Crippen molar-refractivity contribution in [1.82, 2.24) is 0 Å². The normalized spacial score (nSPS) is 10.5. The van der Waals surface area contributed by atoms with Crippen LogP contribution in [0.15, 0.2) is 54.6 Å². The Morgan fingerprint density at radius 1 is 1.08 bits per heavy atom. The van der Waals surface area contributed by atoms with Crippen molar-refractivity contribution in [2.24, 2.45) is 0 Å². The highest BCUT2D eigenvalue weighted by Gasteiger charge is 2.03. The number of rotatable bonds is 7.